The van der Waals surface area contributed by atoms with E-state index in [1.54, 1.807) is 23.9 Å². The van der Waals surface area contributed by atoms with Gasteiger partial charge in [0.15, 0.2) is 0 Å². The zero-order valence-electron chi connectivity index (χ0n) is 13.4. The van der Waals surface area contributed by atoms with E-state index in [4.69, 9.17) is 4.74 Å². The van der Waals surface area contributed by atoms with Crippen molar-refractivity contribution >= 4 is 12.0 Å². The minimum Gasteiger partial charge on any atom is -0.444 e. The molecular formula is C15H28N2O3. The number of hydrogen-bond acceptors (Lipinski definition) is 3. The molecule has 1 aliphatic heterocycles. The lowest BCUT2D eigenvalue weighted by atomic mass is 9.99. The number of hydrogen-bond donors (Lipinski definition) is 0. The summed E-state index contributed by atoms with van der Waals surface area (Å²) in [6, 6.07) is 0. The summed E-state index contributed by atoms with van der Waals surface area (Å²) in [5.41, 5.74) is -0.474. The predicted molar refractivity (Wildman–Crippen MR) is 78.5 cm³/mol. The van der Waals surface area contributed by atoms with Crippen LogP contribution in [0.3, 0.4) is 0 Å². The first-order chi connectivity index (χ1) is 9.19. The van der Waals surface area contributed by atoms with Crippen LogP contribution in [0.4, 0.5) is 4.79 Å². The van der Waals surface area contributed by atoms with Crippen molar-refractivity contribution in [3.63, 3.8) is 0 Å². The Balaban J connectivity index is 2.60. The smallest absolute Gasteiger partial charge is 0.410 e. The Hall–Kier alpha value is -1.26. The Labute approximate surface area is 122 Å². The van der Waals surface area contributed by atoms with Crippen LogP contribution in [0.1, 0.15) is 46.5 Å². The quantitative estimate of drug-likeness (QED) is 0.783. The fraction of sp³-hybridized carbons (Fsp3) is 0.867. The molecule has 1 atom stereocenters. The van der Waals surface area contributed by atoms with Crippen LogP contribution in [0.25, 0.3) is 0 Å². The minimum absolute atomic E-state index is 0.126. The van der Waals surface area contributed by atoms with Gasteiger partial charge in [-0.15, -0.1) is 0 Å². The highest BCUT2D eigenvalue weighted by atomic mass is 16.6. The van der Waals surface area contributed by atoms with E-state index in [0.717, 1.165) is 25.8 Å². The fourth-order valence-corrected chi connectivity index (χ4v) is 2.32. The van der Waals surface area contributed by atoms with Gasteiger partial charge in [0.2, 0.25) is 5.91 Å². The summed E-state index contributed by atoms with van der Waals surface area (Å²) >= 11 is 0. The fourth-order valence-electron chi connectivity index (χ4n) is 2.32. The van der Waals surface area contributed by atoms with E-state index in [0.29, 0.717) is 13.0 Å². The Kier molecular flexibility index (Phi) is 5.84. The van der Waals surface area contributed by atoms with E-state index in [1.165, 1.54) is 0 Å². The summed E-state index contributed by atoms with van der Waals surface area (Å²) in [5, 5.41) is 0. The van der Waals surface area contributed by atoms with Gasteiger partial charge < -0.3 is 14.5 Å². The van der Waals surface area contributed by atoms with Crippen molar-refractivity contribution in [2.75, 3.05) is 27.2 Å². The highest BCUT2D eigenvalue weighted by Crippen LogP contribution is 2.21. The average Bonchev–Trinajstić information content (AvgIpc) is 2.52. The zero-order valence-corrected chi connectivity index (χ0v) is 13.4. The Morgan fingerprint density at radius 3 is 2.45 bits per heavy atom. The molecular weight excluding hydrogens is 256 g/mol. The third kappa shape index (κ3) is 5.80. The molecule has 1 saturated heterocycles. The van der Waals surface area contributed by atoms with Crippen molar-refractivity contribution in [3.05, 3.63) is 0 Å². The first kappa shape index (κ1) is 16.8. The Bertz CT molecular complexity index is 348. The summed E-state index contributed by atoms with van der Waals surface area (Å²) in [5.74, 6) is 0.362. The highest BCUT2D eigenvalue weighted by molar-refractivity contribution is 5.76. The van der Waals surface area contributed by atoms with Crippen molar-refractivity contribution in [2.24, 2.45) is 5.92 Å². The molecule has 0 aromatic carbocycles. The van der Waals surface area contributed by atoms with Gasteiger partial charge in [-0.05, 0) is 39.5 Å². The second kappa shape index (κ2) is 6.95. The standard InChI is InChI=1S/C15H28N2O3/c1-15(2,3)20-14(19)17-9-7-6-8-12(11-17)10-13(18)16(4)5/h12H,6-11H2,1-5H3. The molecule has 0 radical (unpaired) electrons. The lowest BCUT2D eigenvalue weighted by Gasteiger charge is -2.28. The molecule has 0 aliphatic carbocycles. The van der Waals surface area contributed by atoms with Gasteiger partial charge in [-0.2, -0.15) is 0 Å². The summed E-state index contributed by atoms with van der Waals surface area (Å²) in [6.45, 7) is 6.96. The average molecular weight is 284 g/mol. The van der Waals surface area contributed by atoms with Gasteiger partial charge in [0.05, 0.1) is 0 Å². The van der Waals surface area contributed by atoms with E-state index in [9.17, 15) is 9.59 Å². The predicted octanol–water partition coefficient (Wildman–Crippen LogP) is 2.50. The van der Waals surface area contributed by atoms with Crippen LogP contribution >= 0.6 is 0 Å². The summed E-state index contributed by atoms with van der Waals surface area (Å²) in [7, 11) is 3.54. The van der Waals surface area contributed by atoms with Crippen LogP contribution < -0.4 is 0 Å². The maximum atomic E-state index is 12.1. The zero-order chi connectivity index (χ0) is 15.3. The van der Waals surface area contributed by atoms with E-state index in [1.807, 2.05) is 20.8 Å². The first-order valence-electron chi connectivity index (χ1n) is 7.37. The van der Waals surface area contributed by atoms with Crippen LogP contribution in [-0.2, 0) is 9.53 Å². The lowest BCUT2D eigenvalue weighted by molar-refractivity contribution is -0.129. The molecule has 0 aromatic heterocycles. The molecule has 20 heavy (non-hydrogen) atoms. The molecule has 1 unspecified atom stereocenters. The normalized spacial score (nSPS) is 20.2. The molecule has 1 aliphatic rings. The minimum atomic E-state index is -0.474. The largest absolute Gasteiger partial charge is 0.444 e. The van der Waals surface area contributed by atoms with Gasteiger partial charge in [0, 0.05) is 33.6 Å². The monoisotopic (exact) mass is 284 g/mol. The number of rotatable bonds is 2. The molecule has 1 heterocycles. The van der Waals surface area contributed by atoms with Gasteiger partial charge in [-0.25, -0.2) is 4.79 Å². The first-order valence-corrected chi connectivity index (χ1v) is 7.37. The van der Waals surface area contributed by atoms with Crippen LogP contribution in [0.15, 0.2) is 0 Å². The molecule has 0 N–H and O–H groups in total. The second-order valence-electron chi connectivity index (χ2n) is 6.78. The van der Waals surface area contributed by atoms with Gasteiger partial charge >= 0.3 is 6.09 Å². The second-order valence-corrected chi connectivity index (χ2v) is 6.78. The van der Waals surface area contributed by atoms with E-state index < -0.39 is 5.60 Å². The third-order valence-corrected chi connectivity index (χ3v) is 3.38. The summed E-state index contributed by atoms with van der Waals surface area (Å²) in [6.07, 6.45) is 3.28. The van der Waals surface area contributed by atoms with Crippen molar-refractivity contribution in [1.29, 1.82) is 0 Å². The molecule has 0 spiro atoms. The third-order valence-electron chi connectivity index (χ3n) is 3.38. The van der Waals surface area contributed by atoms with E-state index in [2.05, 4.69) is 0 Å². The molecule has 5 nitrogen and oxygen atoms in total. The van der Waals surface area contributed by atoms with Gasteiger partial charge in [0.1, 0.15) is 5.60 Å². The van der Waals surface area contributed by atoms with Crippen LogP contribution in [0.2, 0.25) is 0 Å². The topological polar surface area (TPSA) is 49.9 Å². The van der Waals surface area contributed by atoms with Gasteiger partial charge in [-0.3, -0.25) is 4.79 Å². The Morgan fingerprint density at radius 2 is 1.90 bits per heavy atom. The molecule has 0 bridgehead atoms. The molecule has 0 saturated carbocycles. The molecule has 116 valence electrons. The number of carbonyl (C=O) groups is 2. The van der Waals surface area contributed by atoms with Crippen molar-refractivity contribution in [1.82, 2.24) is 9.80 Å². The lowest BCUT2D eigenvalue weighted by Crippen LogP contribution is -2.39. The van der Waals surface area contributed by atoms with Crippen molar-refractivity contribution in [3.8, 4) is 0 Å². The number of amides is 2. The maximum Gasteiger partial charge on any atom is 0.410 e. The maximum absolute atomic E-state index is 12.1. The Morgan fingerprint density at radius 1 is 1.25 bits per heavy atom. The van der Waals surface area contributed by atoms with E-state index >= 15 is 0 Å². The molecule has 1 fully saturated rings. The summed E-state index contributed by atoms with van der Waals surface area (Å²) < 4.78 is 5.43. The van der Waals surface area contributed by atoms with Gasteiger partial charge in [0.25, 0.3) is 0 Å². The molecule has 0 aromatic rings. The molecule has 1 rings (SSSR count). The van der Waals surface area contributed by atoms with Crippen LogP contribution in [0.5, 0.6) is 0 Å². The molecule has 5 heteroatoms. The number of likely N-dealkylation sites (tertiary alicyclic amines) is 1. The number of ether oxygens (including phenoxy) is 1. The van der Waals surface area contributed by atoms with Crippen molar-refractivity contribution < 1.29 is 14.3 Å². The highest BCUT2D eigenvalue weighted by Gasteiger charge is 2.27. The molecule has 2 amide bonds. The number of nitrogens with zero attached hydrogens (tertiary/aromatic N) is 2. The van der Waals surface area contributed by atoms with E-state index in [-0.39, 0.29) is 17.9 Å². The number of carbonyl (C=O) groups excluding carboxylic acids is 2. The SMILES string of the molecule is CN(C)C(=O)CC1CCCCN(C(=O)OC(C)(C)C)C1. The van der Waals surface area contributed by atoms with Crippen LogP contribution in [0, 0.1) is 5.92 Å². The van der Waals surface area contributed by atoms with Crippen molar-refractivity contribution in [2.45, 2.75) is 52.1 Å². The van der Waals surface area contributed by atoms with Crippen LogP contribution in [-0.4, -0.2) is 54.6 Å². The van der Waals surface area contributed by atoms with Gasteiger partial charge in [-0.1, -0.05) is 6.42 Å². The summed E-state index contributed by atoms with van der Waals surface area (Å²) in [4.78, 5) is 27.3.